The molecule has 2 aromatic rings. The van der Waals surface area contributed by atoms with Crippen molar-refractivity contribution in [3.8, 4) is 0 Å². The highest BCUT2D eigenvalue weighted by molar-refractivity contribution is 5.89. The van der Waals surface area contributed by atoms with E-state index in [1.807, 2.05) is 12.1 Å². The predicted molar refractivity (Wildman–Crippen MR) is 91.7 cm³/mol. The maximum Gasteiger partial charge on any atom is 0.141 e. The second-order valence-electron chi connectivity index (χ2n) is 6.79. The van der Waals surface area contributed by atoms with Gasteiger partial charge >= 0.3 is 0 Å². The Kier molecular flexibility index (Phi) is 4.56. The number of benzene rings is 1. The first-order valence-corrected chi connectivity index (χ1v) is 8.49. The molecule has 120 valence electrons. The minimum atomic E-state index is -0.228. The molecule has 0 saturated heterocycles. The fourth-order valence-corrected chi connectivity index (χ4v) is 3.25. The highest BCUT2D eigenvalue weighted by atomic mass is 16.1. The highest BCUT2D eigenvalue weighted by Gasteiger charge is 2.25. The van der Waals surface area contributed by atoms with E-state index in [0.717, 1.165) is 16.6 Å². The van der Waals surface area contributed by atoms with E-state index in [9.17, 15) is 9.59 Å². The third-order valence-corrected chi connectivity index (χ3v) is 4.74. The van der Waals surface area contributed by atoms with Gasteiger partial charge in [0.15, 0.2) is 0 Å². The molecular formula is C20H23NO2. The van der Waals surface area contributed by atoms with Crippen LogP contribution in [0, 0.1) is 0 Å². The van der Waals surface area contributed by atoms with Crippen LogP contribution in [0.2, 0.25) is 0 Å². The second-order valence-corrected chi connectivity index (χ2v) is 6.79. The van der Waals surface area contributed by atoms with Crippen LogP contribution in [0.1, 0.15) is 69.0 Å². The lowest BCUT2D eigenvalue weighted by Gasteiger charge is -2.18. The molecular weight excluding hydrogens is 286 g/mol. The zero-order valence-corrected chi connectivity index (χ0v) is 13.8. The molecule has 0 N–H and O–H groups in total. The van der Waals surface area contributed by atoms with E-state index in [4.69, 9.17) is 4.98 Å². The van der Waals surface area contributed by atoms with Crippen molar-refractivity contribution in [1.82, 2.24) is 4.98 Å². The third-order valence-electron chi connectivity index (χ3n) is 4.74. The van der Waals surface area contributed by atoms with Crippen LogP contribution in [0.3, 0.4) is 0 Å². The number of rotatable bonds is 2. The molecule has 1 saturated carbocycles. The van der Waals surface area contributed by atoms with Crippen LogP contribution in [0.25, 0.3) is 10.9 Å². The summed E-state index contributed by atoms with van der Waals surface area (Å²) in [5, 5.41) is 1.11. The molecule has 1 heterocycles. The molecule has 0 aliphatic heterocycles. The maximum atomic E-state index is 12.4. The van der Waals surface area contributed by atoms with Gasteiger partial charge in [0.05, 0.1) is 17.1 Å². The number of hydrogen-bond acceptors (Lipinski definition) is 3. The summed E-state index contributed by atoms with van der Waals surface area (Å²) < 4.78 is 0. The molecule has 0 spiro atoms. The average Bonchev–Trinajstić information content (AvgIpc) is 2.52. The van der Waals surface area contributed by atoms with Crippen molar-refractivity contribution in [3.63, 3.8) is 0 Å². The fraction of sp³-hybridized carbons (Fsp3) is 0.450. The summed E-state index contributed by atoms with van der Waals surface area (Å²) in [5.41, 5.74) is 3.03. The Morgan fingerprint density at radius 2 is 1.87 bits per heavy atom. The molecule has 1 aliphatic rings. The van der Waals surface area contributed by atoms with Crippen LogP contribution < -0.4 is 0 Å². The summed E-state index contributed by atoms with van der Waals surface area (Å²) in [4.78, 5) is 28.8. The first-order valence-electron chi connectivity index (χ1n) is 8.49. The number of ketones is 2. The predicted octanol–water partition coefficient (Wildman–Crippen LogP) is 4.54. The number of carbonyl (C=O) groups excluding carboxylic acids is 2. The Morgan fingerprint density at radius 3 is 2.65 bits per heavy atom. The van der Waals surface area contributed by atoms with Gasteiger partial charge in [0.25, 0.3) is 0 Å². The minimum Gasteiger partial charge on any atom is -0.300 e. The van der Waals surface area contributed by atoms with Gasteiger partial charge in [0.1, 0.15) is 11.6 Å². The molecule has 1 aromatic heterocycles. The number of Topliss-reactive ketones (excluding diaryl/α,β-unsaturated/α-hetero) is 2. The number of fused-ring (bicyclic) bond motifs is 1. The zero-order chi connectivity index (χ0) is 16.4. The zero-order valence-electron chi connectivity index (χ0n) is 13.8. The van der Waals surface area contributed by atoms with E-state index in [1.165, 1.54) is 5.56 Å². The largest absolute Gasteiger partial charge is 0.300 e. The maximum absolute atomic E-state index is 12.4. The summed E-state index contributed by atoms with van der Waals surface area (Å²) in [6, 6.07) is 10.3. The van der Waals surface area contributed by atoms with E-state index in [0.29, 0.717) is 38.0 Å². The van der Waals surface area contributed by atoms with E-state index in [-0.39, 0.29) is 17.5 Å². The molecule has 3 nitrogen and oxygen atoms in total. The Bertz CT molecular complexity index is 748. The van der Waals surface area contributed by atoms with Crippen LogP contribution in [0.4, 0.5) is 0 Å². The Hall–Kier alpha value is -2.03. The summed E-state index contributed by atoms with van der Waals surface area (Å²) in [6.45, 7) is 4.35. The summed E-state index contributed by atoms with van der Waals surface area (Å²) in [5.74, 6) is 0.749. The van der Waals surface area contributed by atoms with Crippen molar-refractivity contribution in [2.45, 2.75) is 57.8 Å². The number of nitrogens with zero attached hydrogens (tertiary/aromatic N) is 1. The quantitative estimate of drug-likeness (QED) is 0.818. The summed E-state index contributed by atoms with van der Waals surface area (Å²) in [7, 11) is 0. The van der Waals surface area contributed by atoms with Gasteiger partial charge in [-0.2, -0.15) is 0 Å². The van der Waals surface area contributed by atoms with Crippen molar-refractivity contribution < 1.29 is 9.59 Å². The molecule has 1 fully saturated rings. The van der Waals surface area contributed by atoms with Crippen LogP contribution in [0.5, 0.6) is 0 Å². The van der Waals surface area contributed by atoms with Gasteiger partial charge in [0, 0.05) is 24.6 Å². The van der Waals surface area contributed by atoms with Gasteiger partial charge < -0.3 is 0 Å². The highest BCUT2D eigenvalue weighted by Crippen LogP contribution is 2.28. The number of carbonyl (C=O) groups is 2. The first-order chi connectivity index (χ1) is 11.0. The van der Waals surface area contributed by atoms with Gasteiger partial charge in [0.2, 0.25) is 0 Å². The smallest absolute Gasteiger partial charge is 0.141 e. The fourth-order valence-electron chi connectivity index (χ4n) is 3.25. The van der Waals surface area contributed by atoms with Crippen molar-refractivity contribution in [3.05, 3.63) is 41.6 Å². The lowest BCUT2D eigenvalue weighted by atomic mass is 9.87. The lowest BCUT2D eigenvalue weighted by molar-refractivity contribution is -0.123. The van der Waals surface area contributed by atoms with E-state index in [2.05, 4.69) is 32.0 Å². The summed E-state index contributed by atoms with van der Waals surface area (Å²) >= 11 is 0. The minimum absolute atomic E-state index is 0.225. The Labute approximate surface area is 137 Å². The molecule has 0 bridgehead atoms. The molecule has 23 heavy (non-hydrogen) atoms. The van der Waals surface area contributed by atoms with Gasteiger partial charge in [-0.3, -0.25) is 14.6 Å². The standard InChI is InChI=1S/C20H23NO2/c1-13(2)14-6-10-18-15(12-14)7-11-19(21-18)17-9-8-16(22)4-3-5-20(17)23/h6-7,10-13,17H,3-5,8-9H2,1-2H3. The topological polar surface area (TPSA) is 47.0 Å². The third kappa shape index (κ3) is 3.49. The molecule has 1 atom stereocenters. The van der Waals surface area contributed by atoms with Crippen LogP contribution >= 0.6 is 0 Å². The van der Waals surface area contributed by atoms with Crippen molar-refractivity contribution in [2.75, 3.05) is 0 Å². The van der Waals surface area contributed by atoms with Crippen LogP contribution in [-0.4, -0.2) is 16.6 Å². The first kappa shape index (κ1) is 15.9. The summed E-state index contributed by atoms with van der Waals surface area (Å²) in [6.07, 6.45) is 2.80. The van der Waals surface area contributed by atoms with E-state index >= 15 is 0 Å². The average molecular weight is 309 g/mol. The van der Waals surface area contributed by atoms with Gasteiger partial charge in [-0.15, -0.1) is 0 Å². The van der Waals surface area contributed by atoms with Crippen LogP contribution in [-0.2, 0) is 9.59 Å². The van der Waals surface area contributed by atoms with Gasteiger partial charge in [-0.25, -0.2) is 0 Å². The molecule has 3 heteroatoms. The number of hydrogen-bond donors (Lipinski definition) is 0. The molecule has 1 aliphatic carbocycles. The molecule has 0 amide bonds. The number of aromatic nitrogens is 1. The molecule has 0 radical (unpaired) electrons. The SMILES string of the molecule is CC(C)c1ccc2nc(C3CCC(=O)CCCC3=O)ccc2c1. The van der Waals surface area contributed by atoms with Crippen molar-refractivity contribution in [2.24, 2.45) is 0 Å². The molecule has 3 rings (SSSR count). The van der Waals surface area contributed by atoms with E-state index < -0.39 is 0 Å². The second kappa shape index (κ2) is 6.61. The van der Waals surface area contributed by atoms with Crippen LogP contribution in [0.15, 0.2) is 30.3 Å². The Balaban J connectivity index is 1.93. The van der Waals surface area contributed by atoms with Gasteiger partial charge in [-0.05, 0) is 42.5 Å². The van der Waals surface area contributed by atoms with Crippen molar-refractivity contribution >= 4 is 22.5 Å². The van der Waals surface area contributed by atoms with E-state index in [1.54, 1.807) is 0 Å². The Morgan fingerprint density at radius 1 is 1.04 bits per heavy atom. The molecule has 1 aromatic carbocycles. The number of pyridine rings is 1. The molecule has 1 unspecified atom stereocenters. The normalized spacial score (nSPS) is 19.9. The van der Waals surface area contributed by atoms with Crippen molar-refractivity contribution in [1.29, 1.82) is 0 Å². The lowest BCUT2D eigenvalue weighted by Crippen LogP contribution is -2.18. The monoisotopic (exact) mass is 309 g/mol. The van der Waals surface area contributed by atoms with Gasteiger partial charge in [-0.1, -0.05) is 26.0 Å².